The molecule has 1 aliphatic heterocycles. The fourth-order valence-corrected chi connectivity index (χ4v) is 3.83. The zero-order valence-electron chi connectivity index (χ0n) is 16.1. The lowest BCUT2D eigenvalue weighted by Gasteiger charge is -2.28. The van der Waals surface area contributed by atoms with Crippen LogP contribution in [0.4, 0.5) is 5.69 Å². The summed E-state index contributed by atoms with van der Waals surface area (Å²) in [6.07, 6.45) is 0.341. The van der Waals surface area contributed by atoms with Crippen LogP contribution in [-0.4, -0.2) is 25.0 Å². The lowest BCUT2D eigenvalue weighted by molar-refractivity contribution is -0.120. The van der Waals surface area contributed by atoms with Crippen LogP contribution in [0.5, 0.6) is 11.5 Å². The highest BCUT2D eigenvalue weighted by atomic mass is 16.5. The summed E-state index contributed by atoms with van der Waals surface area (Å²) in [5.41, 5.74) is 8.06. The Morgan fingerprint density at radius 3 is 2.72 bits per heavy atom. The van der Waals surface area contributed by atoms with E-state index in [0.717, 1.165) is 27.6 Å². The molecule has 0 aliphatic carbocycles. The summed E-state index contributed by atoms with van der Waals surface area (Å²) < 4.78 is 11.2. The Morgan fingerprint density at radius 1 is 1.10 bits per heavy atom. The lowest BCUT2D eigenvalue weighted by atomic mass is 9.82. The van der Waals surface area contributed by atoms with Crippen molar-refractivity contribution < 1.29 is 19.1 Å². The van der Waals surface area contributed by atoms with E-state index in [-0.39, 0.29) is 18.4 Å². The average Bonchev–Trinajstić information content (AvgIpc) is 2.72. The lowest BCUT2D eigenvalue weighted by Crippen LogP contribution is -2.24. The second kappa shape index (κ2) is 7.83. The number of primary amides is 1. The van der Waals surface area contributed by atoms with E-state index < -0.39 is 5.91 Å². The van der Waals surface area contributed by atoms with Crippen LogP contribution in [-0.2, 0) is 9.59 Å². The minimum absolute atomic E-state index is 0.0233. The molecule has 0 bridgehead atoms. The van der Waals surface area contributed by atoms with Crippen LogP contribution < -0.4 is 20.5 Å². The normalized spacial score (nSPS) is 15.5. The van der Waals surface area contributed by atoms with Gasteiger partial charge >= 0.3 is 0 Å². The van der Waals surface area contributed by atoms with Crippen molar-refractivity contribution >= 4 is 28.3 Å². The number of rotatable bonds is 6. The zero-order valence-corrected chi connectivity index (χ0v) is 16.1. The van der Waals surface area contributed by atoms with E-state index in [0.29, 0.717) is 24.5 Å². The maximum Gasteiger partial charge on any atom is 0.255 e. The van der Waals surface area contributed by atoms with Crippen molar-refractivity contribution in [2.45, 2.75) is 19.3 Å². The molecule has 29 heavy (non-hydrogen) atoms. The number of nitrogens with two attached hydrogens (primary N) is 1. The molecule has 0 aromatic heterocycles. The van der Waals surface area contributed by atoms with Gasteiger partial charge in [0.15, 0.2) is 18.1 Å². The minimum Gasteiger partial charge on any atom is -0.490 e. The number of nitrogens with one attached hydrogen (secondary N) is 1. The van der Waals surface area contributed by atoms with Crippen molar-refractivity contribution in [3.05, 3.63) is 65.7 Å². The predicted molar refractivity (Wildman–Crippen MR) is 111 cm³/mol. The molecule has 4 rings (SSSR count). The van der Waals surface area contributed by atoms with Crippen LogP contribution in [0, 0.1) is 0 Å². The first-order valence-corrected chi connectivity index (χ1v) is 9.56. The summed E-state index contributed by atoms with van der Waals surface area (Å²) in [6.45, 7) is 2.10. The van der Waals surface area contributed by atoms with E-state index in [1.807, 2.05) is 43.3 Å². The molecule has 0 saturated carbocycles. The maximum atomic E-state index is 12.4. The molecule has 1 aliphatic rings. The summed E-state index contributed by atoms with van der Waals surface area (Å²) in [5, 5.41) is 5.23. The second-order valence-corrected chi connectivity index (χ2v) is 6.95. The molecule has 2 amide bonds. The van der Waals surface area contributed by atoms with Gasteiger partial charge in [-0.15, -0.1) is 0 Å². The molecule has 0 spiro atoms. The first-order valence-electron chi connectivity index (χ1n) is 9.56. The first kappa shape index (κ1) is 18.8. The minimum atomic E-state index is -0.555. The van der Waals surface area contributed by atoms with E-state index in [1.54, 1.807) is 6.07 Å². The summed E-state index contributed by atoms with van der Waals surface area (Å²) in [6, 6.07) is 17.7. The van der Waals surface area contributed by atoms with E-state index in [1.165, 1.54) is 0 Å². The summed E-state index contributed by atoms with van der Waals surface area (Å²) in [7, 11) is 0. The molecule has 3 aromatic carbocycles. The van der Waals surface area contributed by atoms with E-state index in [2.05, 4.69) is 17.4 Å². The molecule has 0 saturated heterocycles. The molecule has 3 aromatic rings. The van der Waals surface area contributed by atoms with Gasteiger partial charge in [-0.1, -0.05) is 36.4 Å². The Morgan fingerprint density at radius 2 is 1.93 bits per heavy atom. The van der Waals surface area contributed by atoms with Crippen LogP contribution >= 0.6 is 0 Å². The number of fused-ring (bicyclic) bond motifs is 3. The largest absolute Gasteiger partial charge is 0.490 e. The Bertz CT molecular complexity index is 1090. The number of hydrogen-bond acceptors (Lipinski definition) is 4. The summed E-state index contributed by atoms with van der Waals surface area (Å²) in [4.78, 5) is 23.4. The SMILES string of the molecule is CCOc1cc([C@@H]2CC(=O)Nc3ccc4ccccc4c32)ccc1OCC(N)=O. The fraction of sp³-hybridized carbons (Fsp3) is 0.217. The third-order valence-electron chi connectivity index (χ3n) is 5.02. The van der Waals surface area contributed by atoms with Crippen molar-refractivity contribution in [3.63, 3.8) is 0 Å². The first-order chi connectivity index (χ1) is 14.1. The molecule has 0 fully saturated rings. The van der Waals surface area contributed by atoms with Gasteiger partial charge in [0.1, 0.15) is 0 Å². The highest BCUT2D eigenvalue weighted by molar-refractivity contribution is 6.01. The van der Waals surface area contributed by atoms with Crippen LogP contribution in [0.15, 0.2) is 54.6 Å². The zero-order chi connectivity index (χ0) is 20.4. The maximum absolute atomic E-state index is 12.4. The molecule has 0 unspecified atom stereocenters. The van der Waals surface area contributed by atoms with Crippen molar-refractivity contribution in [3.8, 4) is 11.5 Å². The Kier molecular flexibility index (Phi) is 5.08. The smallest absolute Gasteiger partial charge is 0.255 e. The number of carbonyl (C=O) groups is 2. The number of amides is 2. The number of carbonyl (C=O) groups excluding carboxylic acids is 2. The van der Waals surface area contributed by atoms with Gasteiger partial charge in [0, 0.05) is 18.0 Å². The Balaban J connectivity index is 1.81. The van der Waals surface area contributed by atoms with Crippen molar-refractivity contribution in [1.82, 2.24) is 0 Å². The second-order valence-electron chi connectivity index (χ2n) is 6.95. The standard InChI is InChI=1S/C23H22N2O4/c1-2-28-20-11-15(8-10-19(20)29-13-21(24)26)17-12-22(27)25-18-9-7-14-5-3-4-6-16(14)23(17)18/h3-11,17H,2,12-13H2,1H3,(H2,24,26)(H,25,27)/t17-/m0/s1. The van der Waals surface area contributed by atoms with Gasteiger partial charge in [0.2, 0.25) is 5.91 Å². The van der Waals surface area contributed by atoms with Crippen molar-refractivity contribution in [2.75, 3.05) is 18.5 Å². The van der Waals surface area contributed by atoms with Crippen LogP contribution in [0.1, 0.15) is 30.4 Å². The highest BCUT2D eigenvalue weighted by Crippen LogP contribution is 2.43. The van der Waals surface area contributed by atoms with Gasteiger partial charge in [0.25, 0.3) is 5.91 Å². The van der Waals surface area contributed by atoms with Gasteiger partial charge in [0.05, 0.1) is 6.61 Å². The highest BCUT2D eigenvalue weighted by Gasteiger charge is 2.29. The summed E-state index contributed by atoms with van der Waals surface area (Å²) in [5.74, 6) is 0.284. The third-order valence-corrected chi connectivity index (χ3v) is 5.02. The quantitative estimate of drug-likeness (QED) is 0.673. The number of ether oxygens (including phenoxy) is 2. The molecule has 6 heteroatoms. The van der Waals surface area contributed by atoms with E-state index in [4.69, 9.17) is 15.2 Å². The van der Waals surface area contributed by atoms with E-state index in [9.17, 15) is 9.59 Å². The number of anilines is 1. The van der Waals surface area contributed by atoms with Gasteiger partial charge in [-0.2, -0.15) is 0 Å². The van der Waals surface area contributed by atoms with Crippen LogP contribution in [0.3, 0.4) is 0 Å². The number of benzene rings is 3. The summed E-state index contributed by atoms with van der Waals surface area (Å²) >= 11 is 0. The molecular formula is C23H22N2O4. The Labute approximate surface area is 168 Å². The van der Waals surface area contributed by atoms with Gasteiger partial charge in [-0.3, -0.25) is 9.59 Å². The average molecular weight is 390 g/mol. The van der Waals surface area contributed by atoms with E-state index >= 15 is 0 Å². The molecule has 0 radical (unpaired) electrons. The topological polar surface area (TPSA) is 90.7 Å². The molecule has 148 valence electrons. The molecule has 1 heterocycles. The van der Waals surface area contributed by atoms with Crippen molar-refractivity contribution in [2.24, 2.45) is 5.73 Å². The molecule has 1 atom stereocenters. The van der Waals surface area contributed by atoms with Gasteiger partial charge in [-0.25, -0.2) is 0 Å². The molecule has 3 N–H and O–H groups in total. The predicted octanol–water partition coefficient (Wildman–Crippen LogP) is 3.58. The number of hydrogen-bond donors (Lipinski definition) is 2. The Hall–Kier alpha value is -3.54. The molecular weight excluding hydrogens is 368 g/mol. The van der Waals surface area contributed by atoms with Crippen LogP contribution in [0.25, 0.3) is 10.8 Å². The van der Waals surface area contributed by atoms with Gasteiger partial charge in [-0.05, 0) is 47.0 Å². The van der Waals surface area contributed by atoms with Gasteiger partial charge < -0.3 is 20.5 Å². The van der Waals surface area contributed by atoms with Crippen LogP contribution in [0.2, 0.25) is 0 Å². The third kappa shape index (κ3) is 3.74. The van der Waals surface area contributed by atoms with Crippen molar-refractivity contribution in [1.29, 1.82) is 0 Å². The monoisotopic (exact) mass is 390 g/mol. The molecule has 6 nitrogen and oxygen atoms in total. The fourth-order valence-electron chi connectivity index (χ4n) is 3.83.